The highest BCUT2D eigenvalue weighted by atomic mass is 32.2. The first-order chi connectivity index (χ1) is 11.7. The number of carbonyl (C=O) groups is 2. The number of hydrogen-bond donors (Lipinski definition) is 1. The topological polar surface area (TPSA) is 58.6 Å². The fourth-order valence-corrected chi connectivity index (χ4v) is 3.45. The van der Waals surface area contributed by atoms with Gasteiger partial charge in [-0.2, -0.15) is 0 Å². The molecule has 1 N–H and O–H groups in total. The van der Waals surface area contributed by atoms with Crippen LogP contribution >= 0.6 is 11.8 Å². The zero-order valence-corrected chi connectivity index (χ0v) is 13.9. The van der Waals surface area contributed by atoms with Crippen molar-refractivity contribution in [3.05, 3.63) is 60.2 Å². The van der Waals surface area contributed by atoms with Crippen molar-refractivity contribution in [2.24, 2.45) is 0 Å². The van der Waals surface area contributed by atoms with Crippen LogP contribution in [0.3, 0.4) is 0 Å². The number of rotatable bonds is 5. The number of benzene rings is 2. The zero-order chi connectivity index (χ0) is 16.8. The summed E-state index contributed by atoms with van der Waals surface area (Å²) < 4.78 is 0. The second kappa shape index (κ2) is 7.99. The third-order valence-electron chi connectivity index (χ3n) is 3.62. The van der Waals surface area contributed by atoms with E-state index in [1.54, 1.807) is 11.8 Å². The van der Waals surface area contributed by atoms with Crippen molar-refractivity contribution < 1.29 is 14.4 Å². The van der Waals surface area contributed by atoms with Gasteiger partial charge in [0.1, 0.15) is 6.54 Å². The smallest absolute Gasteiger partial charge is 0.344 e. The number of nitrogens with one attached hydrogen (secondary N) is 1. The third kappa shape index (κ3) is 4.15. The van der Waals surface area contributed by atoms with E-state index in [9.17, 15) is 9.59 Å². The van der Waals surface area contributed by atoms with Gasteiger partial charge in [-0.3, -0.25) is 9.69 Å². The van der Waals surface area contributed by atoms with E-state index in [4.69, 9.17) is 4.84 Å². The molecule has 0 fully saturated rings. The van der Waals surface area contributed by atoms with Crippen molar-refractivity contribution in [3.63, 3.8) is 0 Å². The number of para-hydroxylation sites is 1. The molecule has 5 nitrogen and oxygen atoms in total. The van der Waals surface area contributed by atoms with Gasteiger partial charge in [-0.05, 0) is 17.7 Å². The van der Waals surface area contributed by atoms with E-state index in [0.29, 0.717) is 18.7 Å². The van der Waals surface area contributed by atoms with Crippen molar-refractivity contribution in [1.29, 1.82) is 0 Å². The summed E-state index contributed by atoms with van der Waals surface area (Å²) in [6.45, 7) is 0.325. The summed E-state index contributed by atoms with van der Waals surface area (Å²) in [6.07, 6.45) is 0.407. The zero-order valence-electron chi connectivity index (χ0n) is 13.1. The first-order valence-corrected chi connectivity index (χ1v) is 8.71. The summed E-state index contributed by atoms with van der Waals surface area (Å²) in [5, 5.41) is 0. The van der Waals surface area contributed by atoms with Gasteiger partial charge in [0.05, 0.1) is 12.2 Å². The molecule has 0 bridgehead atoms. The summed E-state index contributed by atoms with van der Waals surface area (Å²) in [4.78, 5) is 31.9. The predicted octanol–water partition coefficient (Wildman–Crippen LogP) is 2.76. The fourth-order valence-electron chi connectivity index (χ4n) is 2.45. The van der Waals surface area contributed by atoms with E-state index >= 15 is 0 Å². The molecule has 0 spiro atoms. The molecular formula is C18H18N2O3S. The van der Waals surface area contributed by atoms with Crippen LogP contribution in [0.2, 0.25) is 0 Å². The number of thioether (sulfide) groups is 1. The van der Waals surface area contributed by atoms with E-state index in [1.165, 1.54) is 4.90 Å². The van der Waals surface area contributed by atoms with Crippen LogP contribution in [0.15, 0.2) is 59.5 Å². The average molecular weight is 342 g/mol. The molecule has 2 aromatic rings. The Balaban J connectivity index is 1.59. The molecule has 2 aromatic carbocycles. The summed E-state index contributed by atoms with van der Waals surface area (Å²) in [5.74, 6) is 0.168. The summed E-state index contributed by atoms with van der Waals surface area (Å²) >= 11 is 1.63. The van der Waals surface area contributed by atoms with Crippen molar-refractivity contribution in [1.82, 2.24) is 5.48 Å². The number of fused-ring (bicyclic) bond motifs is 1. The molecule has 0 unspecified atom stereocenters. The van der Waals surface area contributed by atoms with E-state index in [2.05, 4.69) is 5.48 Å². The average Bonchev–Trinajstić information content (AvgIpc) is 2.75. The SMILES string of the molecule is O=C(CN1C(=O)CCSc2ccccc21)ONCc1ccccc1. The predicted molar refractivity (Wildman–Crippen MR) is 93.5 cm³/mol. The Morgan fingerprint density at radius 3 is 2.71 bits per heavy atom. The van der Waals surface area contributed by atoms with Crippen molar-refractivity contribution in [2.45, 2.75) is 17.9 Å². The molecule has 0 aliphatic carbocycles. The van der Waals surface area contributed by atoms with E-state index < -0.39 is 5.97 Å². The number of carbonyl (C=O) groups excluding carboxylic acids is 2. The Hall–Kier alpha value is -2.31. The van der Waals surface area contributed by atoms with Crippen LogP contribution in [-0.2, 0) is 21.0 Å². The maximum Gasteiger partial charge on any atom is 0.344 e. The number of nitrogens with zero attached hydrogens (tertiary/aromatic N) is 1. The molecule has 124 valence electrons. The van der Waals surface area contributed by atoms with Crippen LogP contribution in [0, 0.1) is 0 Å². The summed E-state index contributed by atoms with van der Waals surface area (Å²) in [6, 6.07) is 17.3. The molecule has 1 aliphatic heterocycles. The first-order valence-electron chi connectivity index (χ1n) is 7.72. The maximum absolute atomic E-state index is 12.3. The minimum atomic E-state index is -0.485. The van der Waals surface area contributed by atoms with Crippen molar-refractivity contribution in [2.75, 3.05) is 17.2 Å². The molecule has 0 aromatic heterocycles. The molecule has 6 heteroatoms. The third-order valence-corrected chi connectivity index (χ3v) is 4.69. The van der Waals surface area contributed by atoms with Crippen LogP contribution in [0.25, 0.3) is 0 Å². The highest BCUT2D eigenvalue weighted by Gasteiger charge is 2.25. The second-order valence-corrected chi connectivity index (χ2v) is 6.46. The maximum atomic E-state index is 12.3. The quantitative estimate of drug-likeness (QED) is 0.847. The molecule has 0 saturated carbocycles. The van der Waals surface area contributed by atoms with E-state index in [-0.39, 0.29) is 12.5 Å². The standard InChI is InChI=1S/C18H18N2O3S/c21-17-10-11-24-16-9-5-4-8-15(16)20(17)13-18(22)23-19-12-14-6-2-1-3-7-14/h1-9,19H,10-13H2. The largest absolute Gasteiger partial charge is 0.369 e. The summed E-state index contributed by atoms with van der Waals surface area (Å²) in [5.41, 5.74) is 4.43. The van der Waals surface area contributed by atoms with Gasteiger partial charge in [0, 0.05) is 17.1 Å². The molecule has 0 atom stereocenters. The Labute approximate surface area is 144 Å². The van der Waals surface area contributed by atoms with Crippen LogP contribution in [-0.4, -0.2) is 24.2 Å². The van der Waals surface area contributed by atoms with Gasteiger partial charge in [0.15, 0.2) is 0 Å². The van der Waals surface area contributed by atoms with Gasteiger partial charge in [-0.15, -0.1) is 17.2 Å². The first kappa shape index (κ1) is 16.5. The number of hydroxylamine groups is 1. The highest BCUT2D eigenvalue weighted by molar-refractivity contribution is 7.99. The van der Waals surface area contributed by atoms with Crippen molar-refractivity contribution in [3.8, 4) is 0 Å². The number of hydrogen-bond acceptors (Lipinski definition) is 5. The molecular weight excluding hydrogens is 324 g/mol. The van der Waals surface area contributed by atoms with E-state index in [0.717, 1.165) is 16.1 Å². The highest BCUT2D eigenvalue weighted by Crippen LogP contribution is 2.33. The molecule has 0 radical (unpaired) electrons. The van der Waals surface area contributed by atoms with Gasteiger partial charge >= 0.3 is 5.97 Å². The molecule has 3 rings (SSSR count). The number of amides is 1. The van der Waals surface area contributed by atoms with Crippen LogP contribution < -0.4 is 10.4 Å². The van der Waals surface area contributed by atoms with Gasteiger partial charge in [-0.1, -0.05) is 42.5 Å². The lowest BCUT2D eigenvalue weighted by molar-refractivity contribution is -0.150. The Kier molecular flexibility index (Phi) is 5.51. The minimum absolute atomic E-state index is 0.0625. The Bertz CT molecular complexity index is 721. The monoisotopic (exact) mass is 342 g/mol. The van der Waals surface area contributed by atoms with Gasteiger partial charge in [0.2, 0.25) is 5.91 Å². The van der Waals surface area contributed by atoms with Gasteiger partial charge in [0.25, 0.3) is 0 Å². The molecule has 0 saturated heterocycles. The lowest BCUT2D eigenvalue weighted by Gasteiger charge is -2.21. The Morgan fingerprint density at radius 2 is 1.88 bits per heavy atom. The molecule has 1 aliphatic rings. The lowest BCUT2D eigenvalue weighted by Crippen LogP contribution is -2.37. The van der Waals surface area contributed by atoms with Gasteiger partial charge in [-0.25, -0.2) is 4.79 Å². The lowest BCUT2D eigenvalue weighted by atomic mass is 10.2. The molecule has 24 heavy (non-hydrogen) atoms. The molecule has 1 amide bonds. The number of anilines is 1. The van der Waals surface area contributed by atoms with Crippen molar-refractivity contribution >= 4 is 29.3 Å². The van der Waals surface area contributed by atoms with Crippen LogP contribution in [0.1, 0.15) is 12.0 Å². The normalized spacial score (nSPS) is 14.0. The van der Waals surface area contributed by atoms with Gasteiger partial charge < -0.3 is 4.84 Å². The van der Waals surface area contributed by atoms with Crippen LogP contribution in [0.5, 0.6) is 0 Å². The van der Waals surface area contributed by atoms with E-state index in [1.807, 2.05) is 54.6 Å². The molecule has 1 heterocycles. The second-order valence-electron chi connectivity index (χ2n) is 5.33. The van der Waals surface area contributed by atoms with Crippen LogP contribution in [0.4, 0.5) is 5.69 Å². The summed E-state index contributed by atoms with van der Waals surface area (Å²) in [7, 11) is 0. The minimum Gasteiger partial charge on any atom is -0.369 e. The Morgan fingerprint density at radius 1 is 1.12 bits per heavy atom. The fraction of sp³-hybridized carbons (Fsp3) is 0.222.